The number of anilines is 1. The van der Waals surface area contributed by atoms with Gasteiger partial charge in [0.05, 0.1) is 17.8 Å². The second-order valence-electron chi connectivity index (χ2n) is 6.65. The Kier molecular flexibility index (Phi) is 4.49. The van der Waals surface area contributed by atoms with E-state index >= 15 is 0 Å². The summed E-state index contributed by atoms with van der Waals surface area (Å²) >= 11 is 0. The van der Waals surface area contributed by atoms with Gasteiger partial charge < -0.3 is 5.32 Å². The number of nitrogens with zero attached hydrogens (tertiary/aromatic N) is 3. The van der Waals surface area contributed by atoms with Crippen LogP contribution in [0.1, 0.15) is 30.7 Å². The van der Waals surface area contributed by atoms with E-state index in [1.807, 2.05) is 31.2 Å². The van der Waals surface area contributed by atoms with E-state index in [2.05, 4.69) is 32.9 Å². The Labute approximate surface area is 146 Å². The van der Waals surface area contributed by atoms with Crippen LogP contribution < -0.4 is 5.32 Å². The lowest BCUT2D eigenvalue weighted by molar-refractivity contribution is 0.234. The molecule has 1 N–H and O–H groups in total. The van der Waals surface area contributed by atoms with Crippen LogP contribution in [0.25, 0.3) is 16.5 Å². The van der Waals surface area contributed by atoms with Gasteiger partial charge in [0.15, 0.2) is 0 Å². The van der Waals surface area contributed by atoms with Crippen LogP contribution in [0.15, 0.2) is 49.3 Å². The normalized spacial score (nSPS) is 11.5. The summed E-state index contributed by atoms with van der Waals surface area (Å²) in [6.45, 7) is 9.28. The summed E-state index contributed by atoms with van der Waals surface area (Å²) < 4.78 is 13.6. The molecule has 3 rings (SSSR count). The lowest BCUT2D eigenvalue weighted by Crippen LogP contribution is -2.25. The number of fused-ring (bicyclic) bond motifs is 1. The van der Waals surface area contributed by atoms with E-state index in [0.717, 1.165) is 33.3 Å². The molecule has 0 radical (unpaired) electrons. The third-order valence-electron chi connectivity index (χ3n) is 3.92. The summed E-state index contributed by atoms with van der Waals surface area (Å²) in [5, 5.41) is 3.98. The molecule has 25 heavy (non-hydrogen) atoms. The van der Waals surface area contributed by atoms with E-state index in [1.165, 1.54) is 13.8 Å². The third-order valence-corrected chi connectivity index (χ3v) is 3.92. The molecule has 0 bridgehead atoms. The molecule has 0 spiro atoms. The Morgan fingerprint density at radius 3 is 2.76 bits per heavy atom. The van der Waals surface area contributed by atoms with Crippen molar-refractivity contribution in [3.8, 4) is 0 Å². The van der Waals surface area contributed by atoms with E-state index in [0.29, 0.717) is 5.95 Å². The molecule has 0 saturated carbocycles. The van der Waals surface area contributed by atoms with Gasteiger partial charge in [-0.3, -0.25) is 4.98 Å². The molecule has 2 aromatic heterocycles. The van der Waals surface area contributed by atoms with Crippen molar-refractivity contribution in [1.29, 1.82) is 0 Å². The topological polar surface area (TPSA) is 50.7 Å². The maximum atomic E-state index is 13.6. The zero-order valence-electron chi connectivity index (χ0n) is 14.7. The van der Waals surface area contributed by atoms with Crippen molar-refractivity contribution in [3.05, 3.63) is 66.1 Å². The van der Waals surface area contributed by atoms with Crippen LogP contribution in [0.5, 0.6) is 0 Å². The van der Waals surface area contributed by atoms with Gasteiger partial charge >= 0.3 is 0 Å². The van der Waals surface area contributed by atoms with Crippen LogP contribution in [-0.4, -0.2) is 27.2 Å². The van der Waals surface area contributed by atoms with Gasteiger partial charge in [-0.2, -0.15) is 0 Å². The minimum atomic E-state index is -1.32. The van der Waals surface area contributed by atoms with Crippen molar-refractivity contribution in [2.45, 2.75) is 26.4 Å². The maximum absolute atomic E-state index is 13.6. The molecule has 128 valence electrons. The Bertz CT molecular complexity index is 928. The van der Waals surface area contributed by atoms with E-state index in [4.69, 9.17) is 0 Å². The monoisotopic (exact) mass is 336 g/mol. The summed E-state index contributed by atoms with van der Waals surface area (Å²) in [7, 11) is 0. The summed E-state index contributed by atoms with van der Waals surface area (Å²) in [4.78, 5) is 13.0. The van der Waals surface area contributed by atoms with E-state index < -0.39 is 5.67 Å². The van der Waals surface area contributed by atoms with Crippen LogP contribution in [-0.2, 0) is 0 Å². The Balaban J connectivity index is 1.86. The van der Waals surface area contributed by atoms with Gasteiger partial charge in [0.1, 0.15) is 5.67 Å². The molecule has 4 nitrogen and oxygen atoms in total. The van der Waals surface area contributed by atoms with Gasteiger partial charge in [-0.15, -0.1) is 0 Å². The Morgan fingerprint density at radius 1 is 1.24 bits per heavy atom. The maximum Gasteiger partial charge on any atom is 0.222 e. The zero-order chi connectivity index (χ0) is 18.0. The van der Waals surface area contributed by atoms with Crippen molar-refractivity contribution in [2.24, 2.45) is 0 Å². The molecule has 3 aromatic rings. The molecule has 0 aliphatic heterocycles. The highest BCUT2D eigenvalue weighted by atomic mass is 19.1. The number of rotatable bonds is 5. The minimum absolute atomic E-state index is 0.157. The number of aryl methyl sites for hydroxylation is 1. The quantitative estimate of drug-likeness (QED) is 0.742. The van der Waals surface area contributed by atoms with Crippen LogP contribution in [0, 0.1) is 6.92 Å². The predicted octanol–water partition coefficient (Wildman–Crippen LogP) is 4.55. The van der Waals surface area contributed by atoms with Gasteiger partial charge in [0.25, 0.3) is 0 Å². The fourth-order valence-corrected chi connectivity index (χ4v) is 2.56. The van der Waals surface area contributed by atoms with Crippen molar-refractivity contribution in [1.82, 2.24) is 15.0 Å². The van der Waals surface area contributed by atoms with E-state index in [9.17, 15) is 4.39 Å². The second kappa shape index (κ2) is 6.59. The fourth-order valence-electron chi connectivity index (χ4n) is 2.56. The smallest absolute Gasteiger partial charge is 0.222 e. The zero-order valence-corrected chi connectivity index (χ0v) is 14.7. The lowest BCUT2D eigenvalue weighted by atomic mass is 9.98. The van der Waals surface area contributed by atoms with Crippen molar-refractivity contribution in [2.75, 3.05) is 11.9 Å². The molecule has 0 aliphatic rings. The summed E-state index contributed by atoms with van der Waals surface area (Å²) in [6, 6.07) is 9.96. The van der Waals surface area contributed by atoms with Crippen LogP contribution in [0.3, 0.4) is 0 Å². The summed E-state index contributed by atoms with van der Waals surface area (Å²) in [5.41, 5.74) is 3.14. The highest BCUT2D eigenvalue weighted by molar-refractivity contribution is 5.87. The molecule has 1 aromatic carbocycles. The number of aromatic nitrogens is 3. The number of benzene rings is 1. The number of alkyl halides is 1. The van der Waals surface area contributed by atoms with E-state index in [-0.39, 0.29) is 6.54 Å². The van der Waals surface area contributed by atoms with Gasteiger partial charge in [0.2, 0.25) is 5.95 Å². The molecule has 0 atom stereocenters. The fraction of sp³-hybridized carbons (Fsp3) is 0.250. The van der Waals surface area contributed by atoms with Crippen LogP contribution in [0.2, 0.25) is 0 Å². The third kappa shape index (κ3) is 3.99. The first-order valence-electron chi connectivity index (χ1n) is 8.14. The SMILES string of the molecule is C=C(c1ccc2ncccc2c1)c1cnc(NCC(C)(C)F)nc1C. The van der Waals surface area contributed by atoms with Crippen LogP contribution in [0.4, 0.5) is 10.3 Å². The largest absolute Gasteiger partial charge is 0.351 e. The molecule has 0 unspecified atom stereocenters. The molecule has 0 saturated heterocycles. The standard InChI is InChI=1S/C20H21FN4/c1-13(15-7-8-18-16(10-15)6-5-9-22-18)17-11-23-19(25-14(17)2)24-12-20(3,4)21/h5-11H,1,12H2,2-4H3,(H,23,24,25). The first-order valence-corrected chi connectivity index (χ1v) is 8.14. The second-order valence-corrected chi connectivity index (χ2v) is 6.65. The number of hydrogen-bond donors (Lipinski definition) is 1. The number of halogens is 1. The minimum Gasteiger partial charge on any atom is -0.351 e. The average molecular weight is 336 g/mol. The number of nitrogens with one attached hydrogen (secondary N) is 1. The Hall–Kier alpha value is -2.82. The molecule has 0 amide bonds. The van der Waals surface area contributed by atoms with Gasteiger partial charge in [-0.1, -0.05) is 18.7 Å². The van der Waals surface area contributed by atoms with Crippen molar-refractivity contribution < 1.29 is 4.39 Å². The van der Waals surface area contributed by atoms with E-state index in [1.54, 1.807) is 12.4 Å². The van der Waals surface area contributed by atoms with Crippen molar-refractivity contribution in [3.63, 3.8) is 0 Å². The predicted molar refractivity (Wildman–Crippen MR) is 100 cm³/mol. The molecule has 2 heterocycles. The average Bonchev–Trinajstić information content (AvgIpc) is 2.58. The molecule has 0 aliphatic carbocycles. The number of pyridine rings is 1. The summed E-state index contributed by atoms with van der Waals surface area (Å²) in [5.74, 6) is 0.419. The first kappa shape index (κ1) is 17.0. The van der Waals surface area contributed by atoms with Gasteiger partial charge in [-0.25, -0.2) is 14.4 Å². The molecular formula is C20H21FN4. The molecule has 5 heteroatoms. The molecular weight excluding hydrogens is 315 g/mol. The first-order chi connectivity index (χ1) is 11.8. The highest BCUT2D eigenvalue weighted by Crippen LogP contribution is 2.26. The Morgan fingerprint density at radius 2 is 2.04 bits per heavy atom. The van der Waals surface area contributed by atoms with Crippen LogP contribution >= 0.6 is 0 Å². The summed E-state index contributed by atoms with van der Waals surface area (Å²) in [6.07, 6.45) is 3.50. The lowest BCUT2D eigenvalue weighted by Gasteiger charge is -2.16. The highest BCUT2D eigenvalue weighted by Gasteiger charge is 2.16. The number of hydrogen-bond acceptors (Lipinski definition) is 4. The van der Waals surface area contributed by atoms with Gasteiger partial charge in [0, 0.05) is 23.3 Å². The van der Waals surface area contributed by atoms with Gasteiger partial charge in [-0.05, 0) is 50.1 Å². The van der Waals surface area contributed by atoms with Crippen molar-refractivity contribution >= 4 is 22.4 Å². The molecule has 0 fully saturated rings.